The van der Waals surface area contributed by atoms with E-state index in [4.69, 9.17) is 0 Å². The van der Waals surface area contributed by atoms with Gasteiger partial charge in [-0.15, -0.1) is 0 Å². The van der Waals surface area contributed by atoms with Crippen molar-refractivity contribution in [1.82, 2.24) is 0 Å². The number of hydrogen-bond donors (Lipinski definition) is 1. The van der Waals surface area contributed by atoms with Crippen molar-refractivity contribution in [3.63, 3.8) is 0 Å². The smallest absolute Gasteiger partial charge is 0.194 e. The molecule has 0 atom stereocenters. The first-order valence-corrected chi connectivity index (χ1v) is 8.23. The van der Waals surface area contributed by atoms with Crippen LogP contribution < -0.4 is 0 Å². The highest BCUT2D eigenvalue weighted by Gasteiger charge is 2.26. The molecule has 1 aliphatic carbocycles. The van der Waals surface area contributed by atoms with Gasteiger partial charge in [-0.05, 0) is 41.5 Å². The molecule has 3 aromatic rings. The minimum Gasteiger partial charge on any atom is -0.507 e. The third-order valence-electron chi connectivity index (χ3n) is 4.05. The molecule has 3 aromatic carbocycles. The Labute approximate surface area is 147 Å². The predicted molar refractivity (Wildman–Crippen MR) is 98.4 cm³/mol. The Bertz CT molecular complexity index is 1010. The van der Waals surface area contributed by atoms with E-state index in [0.29, 0.717) is 16.8 Å². The standard InChI is InChI=1S/C20H12BrNO2/c21-13-5-8-19(23)12(9-13)11-22-14-6-7-16-15-3-1-2-4-17(15)20(24)18(16)10-14/h1-11,23H. The zero-order chi connectivity index (χ0) is 16.7. The average molecular weight is 378 g/mol. The molecule has 116 valence electrons. The van der Waals surface area contributed by atoms with E-state index >= 15 is 0 Å². The molecule has 3 nitrogen and oxygen atoms in total. The second-order valence-corrected chi connectivity index (χ2v) is 6.48. The van der Waals surface area contributed by atoms with Crippen molar-refractivity contribution in [2.24, 2.45) is 4.99 Å². The van der Waals surface area contributed by atoms with Crippen molar-refractivity contribution in [3.8, 4) is 16.9 Å². The molecule has 24 heavy (non-hydrogen) atoms. The summed E-state index contributed by atoms with van der Waals surface area (Å²) in [4.78, 5) is 16.9. The molecule has 4 rings (SSSR count). The molecular weight excluding hydrogens is 366 g/mol. The molecule has 0 spiro atoms. The van der Waals surface area contributed by atoms with Gasteiger partial charge in [0.2, 0.25) is 0 Å². The Kier molecular flexibility index (Phi) is 3.54. The Morgan fingerprint density at radius 1 is 0.875 bits per heavy atom. The van der Waals surface area contributed by atoms with Crippen LogP contribution in [-0.4, -0.2) is 17.1 Å². The van der Waals surface area contributed by atoms with Gasteiger partial charge in [0.05, 0.1) is 5.69 Å². The number of carbonyl (C=O) groups is 1. The second-order valence-electron chi connectivity index (χ2n) is 5.57. The van der Waals surface area contributed by atoms with Crippen molar-refractivity contribution in [2.75, 3.05) is 0 Å². The minimum atomic E-state index is 0.0305. The van der Waals surface area contributed by atoms with Crippen LogP contribution in [0.5, 0.6) is 5.75 Å². The van der Waals surface area contributed by atoms with Crippen LogP contribution in [0.15, 0.2) is 70.1 Å². The van der Waals surface area contributed by atoms with Crippen molar-refractivity contribution < 1.29 is 9.90 Å². The highest BCUT2D eigenvalue weighted by atomic mass is 79.9. The van der Waals surface area contributed by atoms with E-state index in [9.17, 15) is 9.90 Å². The Morgan fingerprint density at radius 3 is 2.46 bits per heavy atom. The van der Waals surface area contributed by atoms with E-state index in [-0.39, 0.29) is 11.5 Å². The molecule has 0 saturated heterocycles. The summed E-state index contributed by atoms with van der Waals surface area (Å²) >= 11 is 3.37. The van der Waals surface area contributed by atoms with Crippen LogP contribution in [-0.2, 0) is 0 Å². The fourth-order valence-electron chi connectivity index (χ4n) is 2.87. The van der Waals surface area contributed by atoms with Gasteiger partial charge in [0.15, 0.2) is 5.78 Å². The van der Waals surface area contributed by atoms with E-state index in [1.54, 1.807) is 30.5 Å². The zero-order valence-electron chi connectivity index (χ0n) is 12.5. The molecule has 1 aliphatic rings. The van der Waals surface area contributed by atoms with Crippen LogP contribution in [0.25, 0.3) is 11.1 Å². The first-order chi connectivity index (χ1) is 11.6. The van der Waals surface area contributed by atoms with Crippen LogP contribution >= 0.6 is 15.9 Å². The molecule has 0 aromatic heterocycles. The van der Waals surface area contributed by atoms with Gasteiger partial charge >= 0.3 is 0 Å². The van der Waals surface area contributed by atoms with Crippen LogP contribution in [0.3, 0.4) is 0 Å². The third kappa shape index (κ3) is 2.45. The summed E-state index contributed by atoms with van der Waals surface area (Å²) < 4.78 is 0.862. The average Bonchev–Trinajstić information content (AvgIpc) is 2.89. The summed E-state index contributed by atoms with van der Waals surface area (Å²) in [5.41, 5.74) is 4.61. The summed E-state index contributed by atoms with van der Waals surface area (Å²) in [6, 6.07) is 18.4. The Balaban J connectivity index is 1.72. The van der Waals surface area contributed by atoms with E-state index in [2.05, 4.69) is 20.9 Å². The number of rotatable bonds is 2. The lowest BCUT2D eigenvalue weighted by Crippen LogP contribution is -1.94. The monoisotopic (exact) mass is 377 g/mol. The zero-order valence-corrected chi connectivity index (χ0v) is 14.1. The largest absolute Gasteiger partial charge is 0.507 e. The molecule has 4 heteroatoms. The molecule has 1 N–H and O–H groups in total. The van der Waals surface area contributed by atoms with E-state index in [1.165, 1.54) is 0 Å². The summed E-state index contributed by atoms with van der Waals surface area (Å²) in [5, 5.41) is 9.86. The topological polar surface area (TPSA) is 49.7 Å². The Morgan fingerprint density at radius 2 is 1.62 bits per heavy atom. The second kappa shape index (κ2) is 5.73. The van der Waals surface area contributed by atoms with Crippen LogP contribution in [0.4, 0.5) is 5.69 Å². The number of nitrogens with zero attached hydrogens (tertiary/aromatic N) is 1. The van der Waals surface area contributed by atoms with Gasteiger partial charge in [-0.1, -0.05) is 46.3 Å². The Hall–Kier alpha value is -2.72. The van der Waals surface area contributed by atoms with Crippen molar-refractivity contribution in [1.29, 1.82) is 0 Å². The number of benzene rings is 3. The van der Waals surface area contributed by atoms with Crippen LogP contribution in [0.1, 0.15) is 21.5 Å². The number of aliphatic imine (C=N–C) groups is 1. The first kappa shape index (κ1) is 14.8. The molecule has 0 amide bonds. The van der Waals surface area contributed by atoms with Gasteiger partial charge < -0.3 is 5.11 Å². The fraction of sp³-hybridized carbons (Fsp3) is 0. The maximum atomic E-state index is 12.5. The summed E-state index contributed by atoms with van der Waals surface area (Å²) in [6.07, 6.45) is 1.59. The van der Waals surface area contributed by atoms with E-state index < -0.39 is 0 Å². The highest BCUT2D eigenvalue weighted by Crippen LogP contribution is 2.38. The van der Waals surface area contributed by atoms with Gasteiger partial charge in [-0.3, -0.25) is 9.79 Å². The number of phenols is 1. The van der Waals surface area contributed by atoms with E-state index in [1.807, 2.05) is 36.4 Å². The summed E-state index contributed by atoms with van der Waals surface area (Å²) in [7, 11) is 0. The van der Waals surface area contributed by atoms with Gasteiger partial charge in [0.25, 0.3) is 0 Å². The quantitative estimate of drug-likeness (QED) is 0.493. The lowest BCUT2D eigenvalue weighted by Gasteiger charge is -2.02. The number of carbonyl (C=O) groups excluding carboxylic acids is 1. The molecule has 0 radical (unpaired) electrons. The van der Waals surface area contributed by atoms with E-state index in [0.717, 1.165) is 21.2 Å². The third-order valence-corrected chi connectivity index (χ3v) is 4.55. The maximum absolute atomic E-state index is 12.5. The number of hydrogen-bond acceptors (Lipinski definition) is 3. The minimum absolute atomic E-state index is 0.0305. The molecule has 0 aliphatic heterocycles. The molecule has 0 heterocycles. The molecule has 0 bridgehead atoms. The normalized spacial score (nSPS) is 12.5. The number of aromatic hydroxyl groups is 1. The van der Waals surface area contributed by atoms with Gasteiger partial charge in [-0.2, -0.15) is 0 Å². The lowest BCUT2D eigenvalue weighted by atomic mass is 10.1. The van der Waals surface area contributed by atoms with Gasteiger partial charge in [0, 0.05) is 27.4 Å². The van der Waals surface area contributed by atoms with Gasteiger partial charge in [-0.25, -0.2) is 0 Å². The van der Waals surface area contributed by atoms with Crippen LogP contribution in [0, 0.1) is 0 Å². The van der Waals surface area contributed by atoms with Gasteiger partial charge in [0.1, 0.15) is 5.75 Å². The predicted octanol–water partition coefficient (Wildman–Crippen LogP) is 5.12. The van der Waals surface area contributed by atoms with Crippen LogP contribution in [0.2, 0.25) is 0 Å². The molecular formula is C20H12BrNO2. The van der Waals surface area contributed by atoms with Crippen molar-refractivity contribution in [2.45, 2.75) is 0 Å². The highest BCUT2D eigenvalue weighted by molar-refractivity contribution is 9.10. The number of ketones is 1. The SMILES string of the molecule is O=C1c2ccccc2-c2ccc(N=Cc3cc(Br)ccc3O)cc21. The fourth-order valence-corrected chi connectivity index (χ4v) is 3.25. The maximum Gasteiger partial charge on any atom is 0.194 e. The summed E-state index contributed by atoms with van der Waals surface area (Å²) in [6.45, 7) is 0. The number of fused-ring (bicyclic) bond motifs is 3. The number of halogens is 1. The molecule has 0 fully saturated rings. The molecule has 0 saturated carbocycles. The summed E-state index contributed by atoms with van der Waals surface area (Å²) in [5.74, 6) is 0.189. The lowest BCUT2D eigenvalue weighted by molar-refractivity contribution is 0.104. The van der Waals surface area contributed by atoms with Crippen molar-refractivity contribution in [3.05, 3.63) is 81.8 Å². The van der Waals surface area contributed by atoms with Crippen molar-refractivity contribution >= 4 is 33.6 Å². The molecule has 0 unspecified atom stereocenters. The number of phenolic OH excluding ortho intramolecular Hbond substituents is 1. The first-order valence-electron chi connectivity index (χ1n) is 7.44.